The van der Waals surface area contributed by atoms with Crippen molar-refractivity contribution in [1.82, 2.24) is 14.5 Å². The molecule has 0 atom stereocenters. The lowest BCUT2D eigenvalue weighted by Gasteiger charge is -2.10. The molecule has 0 aliphatic heterocycles. The van der Waals surface area contributed by atoms with Crippen LogP contribution in [0.2, 0.25) is 0 Å². The molecule has 4 nitrogen and oxygen atoms in total. The van der Waals surface area contributed by atoms with Crippen LogP contribution in [0.15, 0.2) is 72.9 Å². The normalized spacial score (nSPS) is 10.6. The number of rotatable bonds is 3. The SMILES string of the molecule is N#Cc1ccccc1Cn1c(-c2ccccn2)nc2ccccc21. The van der Waals surface area contributed by atoms with Crippen LogP contribution in [0.5, 0.6) is 0 Å². The third kappa shape index (κ3) is 2.42. The number of hydrogen-bond acceptors (Lipinski definition) is 3. The van der Waals surface area contributed by atoms with Gasteiger partial charge in [0.25, 0.3) is 0 Å². The highest BCUT2D eigenvalue weighted by molar-refractivity contribution is 5.80. The summed E-state index contributed by atoms with van der Waals surface area (Å²) in [4.78, 5) is 9.19. The predicted molar refractivity (Wildman–Crippen MR) is 93.2 cm³/mol. The van der Waals surface area contributed by atoms with Crippen molar-refractivity contribution in [3.05, 3.63) is 84.1 Å². The van der Waals surface area contributed by atoms with Crippen LogP contribution < -0.4 is 0 Å². The summed E-state index contributed by atoms with van der Waals surface area (Å²) in [6, 6.07) is 23.7. The van der Waals surface area contributed by atoms with Crippen molar-refractivity contribution in [2.24, 2.45) is 0 Å². The molecule has 2 aromatic carbocycles. The Kier molecular flexibility index (Phi) is 3.53. The van der Waals surface area contributed by atoms with Crippen LogP contribution in [0.25, 0.3) is 22.6 Å². The van der Waals surface area contributed by atoms with E-state index in [2.05, 4.69) is 15.6 Å². The maximum atomic E-state index is 9.36. The van der Waals surface area contributed by atoms with Gasteiger partial charge in [0.15, 0.2) is 5.82 Å². The van der Waals surface area contributed by atoms with Crippen molar-refractivity contribution in [2.45, 2.75) is 6.54 Å². The zero-order chi connectivity index (χ0) is 16.4. The smallest absolute Gasteiger partial charge is 0.160 e. The Bertz CT molecular complexity index is 1040. The molecule has 0 unspecified atom stereocenters. The van der Waals surface area contributed by atoms with Gasteiger partial charge in [0.2, 0.25) is 0 Å². The number of aromatic nitrogens is 3. The molecule has 0 bridgehead atoms. The minimum Gasteiger partial charge on any atom is -0.318 e. The van der Waals surface area contributed by atoms with Crippen LogP contribution in [0.1, 0.15) is 11.1 Å². The summed E-state index contributed by atoms with van der Waals surface area (Å²) in [6.45, 7) is 0.580. The van der Waals surface area contributed by atoms with Gasteiger partial charge in [-0.15, -0.1) is 0 Å². The Hall–Kier alpha value is -3.45. The minimum absolute atomic E-state index is 0.580. The van der Waals surface area contributed by atoms with Gasteiger partial charge in [-0.1, -0.05) is 36.4 Å². The molecule has 2 heterocycles. The first-order valence-corrected chi connectivity index (χ1v) is 7.71. The second-order valence-corrected chi connectivity index (χ2v) is 5.49. The van der Waals surface area contributed by atoms with Crippen LogP contribution in [0.4, 0.5) is 0 Å². The highest BCUT2D eigenvalue weighted by atomic mass is 15.1. The summed E-state index contributed by atoms with van der Waals surface area (Å²) in [6.07, 6.45) is 1.77. The van der Waals surface area contributed by atoms with Crippen LogP contribution in [0.3, 0.4) is 0 Å². The van der Waals surface area contributed by atoms with E-state index in [1.165, 1.54) is 0 Å². The van der Waals surface area contributed by atoms with E-state index in [9.17, 15) is 5.26 Å². The Morgan fingerprint density at radius 1 is 0.917 bits per heavy atom. The predicted octanol–water partition coefficient (Wildman–Crippen LogP) is 4.02. The van der Waals surface area contributed by atoms with Gasteiger partial charge < -0.3 is 4.57 Å². The number of nitriles is 1. The summed E-state index contributed by atoms with van der Waals surface area (Å²) in [7, 11) is 0. The largest absolute Gasteiger partial charge is 0.318 e. The van der Waals surface area contributed by atoms with Crippen molar-refractivity contribution < 1.29 is 0 Å². The number of imidazole rings is 1. The van der Waals surface area contributed by atoms with Crippen molar-refractivity contribution in [3.63, 3.8) is 0 Å². The fraction of sp³-hybridized carbons (Fsp3) is 0.0500. The van der Waals surface area contributed by atoms with E-state index in [0.717, 1.165) is 28.1 Å². The van der Waals surface area contributed by atoms with Crippen LogP contribution in [0, 0.1) is 11.3 Å². The number of para-hydroxylation sites is 2. The molecule has 0 N–H and O–H groups in total. The van der Waals surface area contributed by atoms with Gasteiger partial charge >= 0.3 is 0 Å². The molecule has 4 aromatic rings. The number of pyridine rings is 1. The first-order valence-electron chi connectivity index (χ1n) is 7.71. The van der Waals surface area contributed by atoms with Crippen molar-refractivity contribution >= 4 is 11.0 Å². The number of benzene rings is 2. The second kappa shape index (κ2) is 5.98. The molecule has 0 aliphatic rings. The minimum atomic E-state index is 0.580. The Labute approximate surface area is 139 Å². The van der Waals surface area contributed by atoms with E-state index in [4.69, 9.17) is 4.98 Å². The quantitative estimate of drug-likeness (QED) is 0.574. The summed E-state index contributed by atoms with van der Waals surface area (Å²) < 4.78 is 2.12. The van der Waals surface area contributed by atoms with Gasteiger partial charge in [-0.05, 0) is 35.9 Å². The highest BCUT2D eigenvalue weighted by Gasteiger charge is 2.14. The van der Waals surface area contributed by atoms with Crippen LogP contribution in [-0.4, -0.2) is 14.5 Å². The fourth-order valence-electron chi connectivity index (χ4n) is 2.86. The molecule has 0 radical (unpaired) electrons. The van der Waals surface area contributed by atoms with Crippen molar-refractivity contribution in [3.8, 4) is 17.6 Å². The first-order chi connectivity index (χ1) is 11.9. The molecule has 0 fully saturated rings. The van der Waals surface area contributed by atoms with Gasteiger partial charge in [0.05, 0.1) is 29.2 Å². The van der Waals surface area contributed by atoms with E-state index in [1.54, 1.807) is 6.20 Å². The van der Waals surface area contributed by atoms with Crippen LogP contribution in [-0.2, 0) is 6.54 Å². The lowest BCUT2D eigenvalue weighted by atomic mass is 10.1. The van der Waals surface area contributed by atoms with Gasteiger partial charge in [-0.25, -0.2) is 4.98 Å². The summed E-state index contributed by atoms with van der Waals surface area (Å²) in [5.74, 6) is 0.810. The van der Waals surface area contributed by atoms with Gasteiger partial charge in [0.1, 0.15) is 5.69 Å². The van der Waals surface area contributed by atoms with E-state index in [0.29, 0.717) is 12.1 Å². The Balaban J connectivity index is 1.92. The molecule has 24 heavy (non-hydrogen) atoms. The average Bonchev–Trinajstić information content (AvgIpc) is 3.02. The number of hydrogen-bond donors (Lipinski definition) is 0. The molecular weight excluding hydrogens is 296 g/mol. The molecule has 0 aliphatic carbocycles. The molecule has 4 heteroatoms. The van der Waals surface area contributed by atoms with E-state index in [1.807, 2.05) is 66.7 Å². The maximum absolute atomic E-state index is 9.36. The van der Waals surface area contributed by atoms with Gasteiger partial charge in [0, 0.05) is 6.20 Å². The van der Waals surface area contributed by atoms with E-state index in [-0.39, 0.29) is 0 Å². The Morgan fingerprint density at radius 2 is 1.71 bits per heavy atom. The lowest BCUT2D eigenvalue weighted by molar-refractivity contribution is 0.828. The van der Waals surface area contributed by atoms with Crippen molar-refractivity contribution in [2.75, 3.05) is 0 Å². The molecule has 0 saturated heterocycles. The number of fused-ring (bicyclic) bond motifs is 1. The summed E-state index contributed by atoms with van der Waals surface area (Å²) >= 11 is 0. The van der Waals surface area contributed by atoms with Gasteiger partial charge in [-0.3, -0.25) is 4.98 Å². The number of nitrogens with zero attached hydrogens (tertiary/aromatic N) is 4. The first kappa shape index (κ1) is 14.2. The van der Waals surface area contributed by atoms with Crippen LogP contribution >= 0.6 is 0 Å². The average molecular weight is 310 g/mol. The molecule has 2 aromatic heterocycles. The molecule has 0 saturated carbocycles. The third-order valence-electron chi connectivity index (χ3n) is 4.01. The molecule has 4 rings (SSSR count). The van der Waals surface area contributed by atoms with Gasteiger partial charge in [-0.2, -0.15) is 5.26 Å². The third-order valence-corrected chi connectivity index (χ3v) is 4.01. The Morgan fingerprint density at radius 3 is 2.54 bits per heavy atom. The second-order valence-electron chi connectivity index (χ2n) is 5.49. The maximum Gasteiger partial charge on any atom is 0.160 e. The standard InChI is InChI=1S/C20H14N4/c21-13-15-7-1-2-8-16(15)14-24-19-11-4-3-9-17(19)23-20(24)18-10-5-6-12-22-18/h1-12H,14H2. The highest BCUT2D eigenvalue weighted by Crippen LogP contribution is 2.25. The topological polar surface area (TPSA) is 54.5 Å². The van der Waals surface area contributed by atoms with E-state index < -0.39 is 0 Å². The molecule has 0 spiro atoms. The zero-order valence-electron chi connectivity index (χ0n) is 12.9. The van der Waals surface area contributed by atoms with Crippen molar-refractivity contribution in [1.29, 1.82) is 5.26 Å². The van der Waals surface area contributed by atoms with E-state index >= 15 is 0 Å². The summed E-state index contributed by atoms with van der Waals surface area (Å²) in [5, 5.41) is 9.36. The zero-order valence-corrected chi connectivity index (χ0v) is 12.9. The lowest BCUT2D eigenvalue weighted by Crippen LogP contribution is -2.04. The molecular formula is C20H14N4. The fourth-order valence-corrected chi connectivity index (χ4v) is 2.86. The molecule has 0 amide bonds. The molecule has 114 valence electrons. The summed E-state index contributed by atoms with van der Waals surface area (Å²) in [5.41, 5.74) is 4.43. The monoisotopic (exact) mass is 310 g/mol.